The van der Waals surface area contributed by atoms with Crippen molar-refractivity contribution < 1.29 is 0 Å². The van der Waals surface area contributed by atoms with Gasteiger partial charge in [-0.1, -0.05) is 156 Å². The van der Waals surface area contributed by atoms with Crippen molar-refractivity contribution in [3.05, 3.63) is 6.92 Å². The van der Waals surface area contributed by atoms with Crippen LogP contribution in [0.4, 0.5) is 0 Å². The van der Waals surface area contributed by atoms with E-state index >= 15 is 0 Å². The molecule has 0 heterocycles. The van der Waals surface area contributed by atoms with Gasteiger partial charge in [0.2, 0.25) is 0 Å². The van der Waals surface area contributed by atoms with Crippen LogP contribution in [0.15, 0.2) is 0 Å². The summed E-state index contributed by atoms with van der Waals surface area (Å²) in [6, 6.07) is 0. The molecule has 0 rings (SSSR count). The van der Waals surface area contributed by atoms with Crippen molar-refractivity contribution in [1.82, 2.24) is 0 Å². The quantitative estimate of drug-likeness (QED) is 0.180. The molecule has 0 aliphatic carbocycles. The molecule has 0 aromatic carbocycles. The molecule has 1 radical (unpaired) electrons. The van der Waals surface area contributed by atoms with Crippen molar-refractivity contribution in [3.8, 4) is 0 Å². The summed E-state index contributed by atoms with van der Waals surface area (Å²) < 4.78 is 0. The van der Waals surface area contributed by atoms with Gasteiger partial charge in [0, 0.05) is 0 Å². The van der Waals surface area contributed by atoms with Gasteiger partial charge in [-0.15, -0.1) is 0 Å². The highest BCUT2D eigenvalue weighted by atomic mass is 14.1. The van der Waals surface area contributed by atoms with E-state index in [1.807, 2.05) is 0 Å². The Hall–Kier alpha value is 0. The maximum Gasteiger partial charge on any atom is -0.0414 e. The van der Waals surface area contributed by atoms with Gasteiger partial charge in [0.1, 0.15) is 0 Å². The molecule has 0 fully saturated rings. The summed E-state index contributed by atoms with van der Waals surface area (Å²) in [5, 5.41) is 0. The lowest BCUT2D eigenvalue weighted by Gasteiger charge is -2.17. The van der Waals surface area contributed by atoms with Crippen LogP contribution >= 0.6 is 0 Å². The molecule has 0 aromatic rings. The van der Waals surface area contributed by atoms with Crippen molar-refractivity contribution in [3.63, 3.8) is 0 Å². The molecular weight excluding hydrogens is 300 g/mol. The predicted octanol–water partition coefficient (Wildman–Crippen LogP) is 9.67. The molecule has 0 amide bonds. The Morgan fingerprint density at radius 2 is 0.760 bits per heavy atom. The van der Waals surface area contributed by atoms with Crippen molar-refractivity contribution in [1.29, 1.82) is 0 Å². The van der Waals surface area contributed by atoms with E-state index in [0.717, 1.165) is 12.3 Å². The fraction of sp³-hybridized carbons (Fsp3) is 0.960. The van der Waals surface area contributed by atoms with Crippen LogP contribution < -0.4 is 0 Å². The first-order valence-electron chi connectivity index (χ1n) is 12.1. The van der Waals surface area contributed by atoms with Gasteiger partial charge in [0.05, 0.1) is 0 Å². The van der Waals surface area contributed by atoms with Gasteiger partial charge < -0.3 is 0 Å². The summed E-state index contributed by atoms with van der Waals surface area (Å²) in [5.41, 5.74) is 0. The Morgan fingerprint density at radius 3 is 1.12 bits per heavy atom. The molecule has 0 heteroatoms. The fourth-order valence-corrected chi connectivity index (χ4v) is 4.00. The van der Waals surface area contributed by atoms with Gasteiger partial charge >= 0.3 is 0 Å². The van der Waals surface area contributed by atoms with Crippen LogP contribution in [0.1, 0.15) is 149 Å². The molecule has 25 heavy (non-hydrogen) atoms. The smallest absolute Gasteiger partial charge is 0.0414 e. The largest absolute Gasteiger partial charge is 0.0654 e. The van der Waals surface area contributed by atoms with Crippen molar-refractivity contribution >= 4 is 0 Å². The topological polar surface area (TPSA) is 0 Å². The second-order valence-electron chi connectivity index (χ2n) is 8.39. The molecule has 0 bridgehead atoms. The summed E-state index contributed by atoms with van der Waals surface area (Å²) in [4.78, 5) is 0. The SMILES string of the molecule is [CH2]CCCCC(CCCCCCCC)CCCCCCCCCCC. The zero-order valence-corrected chi connectivity index (χ0v) is 18.1. The highest BCUT2D eigenvalue weighted by molar-refractivity contribution is 4.62. The summed E-state index contributed by atoms with van der Waals surface area (Å²) in [5.74, 6) is 1.02. The molecule has 0 spiro atoms. The minimum atomic E-state index is 1.02. The zero-order chi connectivity index (χ0) is 18.4. The molecule has 0 aliphatic heterocycles. The van der Waals surface area contributed by atoms with E-state index < -0.39 is 0 Å². The van der Waals surface area contributed by atoms with Gasteiger partial charge in [-0.05, 0) is 5.92 Å². The Morgan fingerprint density at radius 1 is 0.440 bits per heavy atom. The van der Waals surface area contributed by atoms with E-state index in [-0.39, 0.29) is 0 Å². The zero-order valence-electron chi connectivity index (χ0n) is 18.1. The number of hydrogen-bond donors (Lipinski definition) is 0. The van der Waals surface area contributed by atoms with E-state index in [1.165, 1.54) is 128 Å². The van der Waals surface area contributed by atoms with Gasteiger partial charge in [0.25, 0.3) is 0 Å². The second kappa shape index (κ2) is 22.0. The highest BCUT2D eigenvalue weighted by Gasteiger charge is 2.08. The predicted molar refractivity (Wildman–Crippen MR) is 117 cm³/mol. The first kappa shape index (κ1) is 25.0. The summed E-state index contributed by atoms with van der Waals surface area (Å²) >= 11 is 0. The Bertz CT molecular complexity index is 220. The number of rotatable bonds is 21. The van der Waals surface area contributed by atoms with E-state index in [4.69, 9.17) is 0 Å². The molecule has 0 N–H and O–H groups in total. The first-order chi connectivity index (χ1) is 12.3. The highest BCUT2D eigenvalue weighted by Crippen LogP contribution is 2.24. The summed E-state index contributed by atoms with van der Waals surface area (Å²) in [6.45, 7) is 8.62. The van der Waals surface area contributed by atoms with Crippen LogP contribution in [0.3, 0.4) is 0 Å². The monoisotopic (exact) mass is 351 g/mol. The third kappa shape index (κ3) is 20.2. The number of unbranched alkanes of at least 4 members (excludes halogenated alkanes) is 15. The molecule has 1 unspecified atom stereocenters. The standard InChI is InChI=1S/C25H51/c1-4-7-10-12-14-15-16-18-21-24-25(22-19-9-6-3)23-20-17-13-11-8-5-2/h25H,3-24H2,1-2H3. The van der Waals surface area contributed by atoms with Crippen molar-refractivity contribution in [2.75, 3.05) is 0 Å². The third-order valence-electron chi connectivity index (χ3n) is 5.79. The Kier molecular flexibility index (Phi) is 22.0. The van der Waals surface area contributed by atoms with Crippen LogP contribution in [-0.4, -0.2) is 0 Å². The van der Waals surface area contributed by atoms with Gasteiger partial charge in [-0.25, -0.2) is 0 Å². The minimum absolute atomic E-state index is 1.02. The third-order valence-corrected chi connectivity index (χ3v) is 5.79. The van der Waals surface area contributed by atoms with E-state index in [9.17, 15) is 0 Å². The normalized spacial score (nSPS) is 12.6. The van der Waals surface area contributed by atoms with E-state index in [0.29, 0.717) is 0 Å². The minimum Gasteiger partial charge on any atom is -0.0654 e. The maximum atomic E-state index is 4.01. The Balaban J connectivity index is 3.61. The lowest BCUT2D eigenvalue weighted by molar-refractivity contribution is 0.368. The first-order valence-corrected chi connectivity index (χ1v) is 12.1. The van der Waals surface area contributed by atoms with Crippen LogP contribution in [0.2, 0.25) is 0 Å². The van der Waals surface area contributed by atoms with Gasteiger partial charge in [-0.2, -0.15) is 0 Å². The van der Waals surface area contributed by atoms with Crippen LogP contribution in [0, 0.1) is 12.8 Å². The van der Waals surface area contributed by atoms with Crippen LogP contribution in [0.25, 0.3) is 0 Å². The fourth-order valence-electron chi connectivity index (χ4n) is 4.00. The van der Waals surface area contributed by atoms with Gasteiger partial charge in [-0.3, -0.25) is 0 Å². The molecule has 0 aliphatic rings. The lowest BCUT2D eigenvalue weighted by Crippen LogP contribution is -2.01. The molecule has 0 saturated heterocycles. The average Bonchev–Trinajstić information content (AvgIpc) is 2.62. The summed E-state index contributed by atoms with van der Waals surface area (Å²) in [6.07, 6.45) is 30.2. The average molecular weight is 352 g/mol. The van der Waals surface area contributed by atoms with Crippen molar-refractivity contribution in [2.45, 2.75) is 149 Å². The molecule has 151 valence electrons. The van der Waals surface area contributed by atoms with E-state index in [2.05, 4.69) is 20.8 Å². The molecule has 0 nitrogen and oxygen atoms in total. The lowest BCUT2D eigenvalue weighted by atomic mass is 9.89. The molecule has 1 atom stereocenters. The number of hydrogen-bond acceptors (Lipinski definition) is 0. The van der Waals surface area contributed by atoms with E-state index in [1.54, 1.807) is 0 Å². The van der Waals surface area contributed by atoms with Crippen molar-refractivity contribution in [2.24, 2.45) is 5.92 Å². The maximum absolute atomic E-state index is 4.01. The van der Waals surface area contributed by atoms with Crippen LogP contribution in [0.5, 0.6) is 0 Å². The Labute approximate surface area is 161 Å². The molecular formula is C25H51. The van der Waals surface area contributed by atoms with Gasteiger partial charge in [0.15, 0.2) is 0 Å². The van der Waals surface area contributed by atoms with Crippen LogP contribution in [-0.2, 0) is 0 Å². The molecule has 0 saturated carbocycles. The molecule has 0 aromatic heterocycles. The second-order valence-corrected chi connectivity index (χ2v) is 8.39. The summed E-state index contributed by atoms with van der Waals surface area (Å²) in [7, 11) is 0.